The fourth-order valence-electron chi connectivity index (χ4n) is 5.91. The van der Waals surface area contributed by atoms with Crippen LogP contribution in [0.15, 0.2) is 34.1 Å². The van der Waals surface area contributed by atoms with Crippen molar-refractivity contribution in [1.82, 2.24) is 19.2 Å². The van der Waals surface area contributed by atoms with Crippen molar-refractivity contribution in [2.75, 3.05) is 31.5 Å². The van der Waals surface area contributed by atoms with E-state index in [1.165, 1.54) is 25.9 Å². The molecule has 164 valence electrons. The van der Waals surface area contributed by atoms with E-state index >= 15 is 0 Å². The molecule has 0 amide bonds. The van der Waals surface area contributed by atoms with Gasteiger partial charge in [0.25, 0.3) is 0 Å². The number of aliphatic imine (C=N–C) groups is 1. The zero-order valence-electron chi connectivity index (χ0n) is 17.5. The molecular formula is C23H24N6O3. The van der Waals surface area contributed by atoms with Crippen molar-refractivity contribution in [2.45, 2.75) is 25.2 Å². The van der Waals surface area contributed by atoms with Crippen LogP contribution in [-0.2, 0) is 0 Å². The van der Waals surface area contributed by atoms with Gasteiger partial charge in [-0.05, 0) is 36.8 Å². The maximum atomic E-state index is 13.1. The Morgan fingerprint density at radius 1 is 1.06 bits per heavy atom. The van der Waals surface area contributed by atoms with E-state index < -0.39 is 11.4 Å². The van der Waals surface area contributed by atoms with Gasteiger partial charge in [0.15, 0.2) is 6.29 Å². The van der Waals surface area contributed by atoms with Crippen molar-refractivity contribution < 1.29 is 9.90 Å². The summed E-state index contributed by atoms with van der Waals surface area (Å²) in [6, 6.07) is 8.41. The van der Waals surface area contributed by atoms with Crippen molar-refractivity contribution in [3.05, 3.63) is 45.6 Å². The zero-order valence-corrected chi connectivity index (χ0v) is 17.5. The number of H-pyrrole nitrogens is 1. The van der Waals surface area contributed by atoms with E-state index in [-0.39, 0.29) is 11.9 Å². The van der Waals surface area contributed by atoms with Crippen LogP contribution in [0.5, 0.6) is 0 Å². The molecule has 1 aliphatic carbocycles. The predicted molar refractivity (Wildman–Crippen MR) is 121 cm³/mol. The lowest BCUT2D eigenvalue weighted by molar-refractivity contribution is 0.0697. The average Bonchev–Trinajstić information content (AvgIpc) is 3.27. The van der Waals surface area contributed by atoms with Crippen LogP contribution in [-0.4, -0.2) is 75.0 Å². The molecule has 9 heteroatoms. The number of fused-ring (bicyclic) bond motifs is 6. The van der Waals surface area contributed by atoms with E-state index in [1.54, 1.807) is 6.21 Å². The number of imidazole rings is 1. The molecule has 3 aromatic rings. The SMILES string of the molecule is O=C(O)c1c(=O)c2c(n3c1[nH]c1ccccc13)NC(N1CC3CN(C4CC4)CC3C1)N=C2. The molecule has 9 nitrogen and oxygen atoms in total. The molecule has 0 spiro atoms. The molecule has 1 saturated carbocycles. The Morgan fingerprint density at radius 3 is 2.50 bits per heavy atom. The van der Waals surface area contributed by atoms with Gasteiger partial charge in [0.05, 0.1) is 16.6 Å². The second-order valence-corrected chi connectivity index (χ2v) is 9.55. The standard InChI is InChI=1S/C23H24N6O3/c30-19-15-7-24-23(28-10-12-8-27(14-5-6-14)9-13(12)11-28)26-20(15)29-17-4-2-1-3-16(17)25-21(29)18(19)22(31)32/h1-4,7,12-14,23,25-26H,5-6,8-11H2,(H,31,32). The highest BCUT2D eigenvalue weighted by molar-refractivity contribution is 6.02. The minimum Gasteiger partial charge on any atom is -0.477 e. The number of para-hydroxylation sites is 2. The first kappa shape index (κ1) is 18.4. The van der Waals surface area contributed by atoms with Crippen molar-refractivity contribution >= 4 is 34.7 Å². The number of hydrogen-bond acceptors (Lipinski definition) is 6. The molecule has 1 aromatic carbocycles. The van der Waals surface area contributed by atoms with Gasteiger partial charge in [-0.3, -0.25) is 24.0 Å². The minimum absolute atomic E-state index is 0.262. The summed E-state index contributed by atoms with van der Waals surface area (Å²) in [5.74, 6) is 0.688. The van der Waals surface area contributed by atoms with Crippen LogP contribution in [0.1, 0.15) is 28.8 Å². The highest BCUT2D eigenvalue weighted by Crippen LogP contribution is 2.39. The highest BCUT2D eigenvalue weighted by atomic mass is 16.4. The summed E-state index contributed by atoms with van der Waals surface area (Å²) in [5, 5.41) is 13.2. The van der Waals surface area contributed by atoms with Crippen LogP contribution in [0.4, 0.5) is 5.82 Å². The third kappa shape index (κ3) is 2.55. The number of aromatic amines is 1. The van der Waals surface area contributed by atoms with Gasteiger partial charge in [-0.2, -0.15) is 0 Å². The van der Waals surface area contributed by atoms with Gasteiger partial charge in [-0.1, -0.05) is 12.1 Å². The zero-order chi connectivity index (χ0) is 21.6. The Labute approximate surface area is 183 Å². The number of benzene rings is 1. The Hall–Kier alpha value is -3.17. The summed E-state index contributed by atoms with van der Waals surface area (Å²) >= 11 is 0. The third-order valence-electron chi connectivity index (χ3n) is 7.59. The second-order valence-electron chi connectivity index (χ2n) is 9.55. The van der Waals surface area contributed by atoms with E-state index in [1.807, 2.05) is 28.7 Å². The summed E-state index contributed by atoms with van der Waals surface area (Å²) < 4.78 is 1.82. The number of anilines is 1. The number of aromatic carboxylic acids is 1. The normalized spacial score (nSPS) is 27.7. The summed E-state index contributed by atoms with van der Waals surface area (Å²) in [6.07, 6.45) is 4.00. The van der Waals surface area contributed by atoms with Gasteiger partial charge in [0, 0.05) is 38.4 Å². The Kier molecular flexibility index (Phi) is 3.70. The summed E-state index contributed by atoms with van der Waals surface area (Å²) in [4.78, 5) is 37.8. The molecule has 0 bridgehead atoms. The number of aromatic nitrogens is 2. The van der Waals surface area contributed by atoms with E-state index in [2.05, 4.69) is 25.1 Å². The number of carboxylic acid groups (broad SMARTS) is 1. The smallest absolute Gasteiger partial charge is 0.343 e. The number of rotatable bonds is 3. The molecule has 32 heavy (non-hydrogen) atoms. The number of likely N-dealkylation sites (tertiary alicyclic amines) is 2. The van der Waals surface area contributed by atoms with Crippen molar-refractivity contribution in [1.29, 1.82) is 0 Å². The summed E-state index contributed by atoms with van der Waals surface area (Å²) in [5.41, 5.74) is 1.40. The van der Waals surface area contributed by atoms with Crippen LogP contribution in [0.25, 0.3) is 16.7 Å². The van der Waals surface area contributed by atoms with E-state index in [9.17, 15) is 14.7 Å². The summed E-state index contributed by atoms with van der Waals surface area (Å²) in [7, 11) is 0. The maximum Gasteiger partial charge on any atom is 0.343 e. The molecule has 3 aliphatic heterocycles. The largest absolute Gasteiger partial charge is 0.477 e. The molecule has 2 saturated heterocycles. The van der Waals surface area contributed by atoms with E-state index in [4.69, 9.17) is 0 Å². The highest BCUT2D eigenvalue weighted by Gasteiger charge is 2.46. The Bertz CT molecular complexity index is 1360. The molecule has 5 heterocycles. The van der Waals surface area contributed by atoms with Gasteiger partial charge >= 0.3 is 5.97 Å². The van der Waals surface area contributed by atoms with E-state index in [0.717, 1.165) is 30.2 Å². The minimum atomic E-state index is -1.25. The average molecular weight is 432 g/mol. The van der Waals surface area contributed by atoms with Gasteiger partial charge < -0.3 is 15.4 Å². The Morgan fingerprint density at radius 2 is 1.78 bits per heavy atom. The van der Waals surface area contributed by atoms with Crippen LogP contribution in [0, 0.1) is 11.8 Å². The van der Waals surface area contributed by atoms with E-state index in [0.29, 0.717) is 28.9 Å². The predicted octanol–water partition coefficient (Wildman–Crippen LogP) is 1.63. The first-order chi connectivity index (χ1) is 15.6. The first-order valence-corrected chi connectivity index (χ1v) is 11.3. The molecule has 3 fully saturated rings. The molecule has 7 rings (SSSR count). The number of carboxylic acids is 1. The van der Waals surface area contributed by atoms with Gasteiger partial charge in [0.1, 0.15) is 17.0 Å². The fourth-order valence-corrected chi connectivity index (χ4v) is 5.91. The number of nitrogens with one attached hydrogen (secondary N) is 2. The molecule has 4 aliphatic rings. The molecule has 0 radical (unpaired) electrons. The van der Waals surface area contributed by atoms with Crippen molar-refractivity contribution in [2.24, 2.45) is 16.8 Å². The summed E-state index contributed by atoms with van der Waals surface area (Å²) in [6.45, 7) is 4.31. The Balaban J connectivity index is 1.28. The quantitative estimate of drug-likeness (QED) is 0.581. The molecule has 3 unspecified atom stereocenters. The van der Waals surface area contributed by atoms with Crippen LogP contribution in [0.3, 0.4) is 0 Å². The number of hydrogen-bond donors (Lipinski definition) is 3. The van der Waals surface area contributed by atoms with Crippen LogP contribution in [0.2, 0.25) is 0 Å². The van der Waals surface area contributed by atoms with Crippen molar-refractivity contribution in [3.8, 4) is 0 Å². The molecule has 2 aromatic heterocycles. The first-order valence-electron chi connectivity index (χ1n) is 11.3. The number of pyridine rings is 1. The van der Waals surface area contributed by atoms with Gasteiger partial charge in [-0.25, -0.2) is 4.79 Å². The van der Waals surface area contributed by atoms with Gasteiger partial charge in [-0.15, -0.1) is 0 Å². The van der Waals surface area contributed by atoms with Crippen LogP contribution < -0.4 is 10.7 Å². The topological polar surface area (TPSA) is 105 Å². The molecule has 3 atom stereocenters. The number of nitrogens with zero attached hydrogens (tertiary/aromatic N) is 4. The molecular weight excluding hydrogens is 408 g/mol. The van der Waals surface area contributed by atoms with Gasteiger partial charge in [0.2, 0.25) is 5.43 Å². The second kappa shape index (κ2) is 6.43. The van der Waals surface area contributed by atoms with Crippen LogP contribution >= 0.6 is 0 Å². The lowest BCUT2D eigenvalue weighted by Crippen LogP contribution is -2.43. The lowest BCUT2D eigenvalue weighted by atomic mass is 10.0. The third-order valence-corrected chi connectivity index (χ3v) is 7.59. The molecule has 3 N–H and O–H groups in total. The maximum absolute atomic E-state index is 13.1. The fraction of sp³-hybridized carbons (Fsp3) is 0.435. The van der Waals surface area contributed by atoms with Crippen molar-refractivity contribution in [3.63, 3.8) is 0 Å². The monoisotopic (exact) mass is 432 g/mol. The number of carbonyl (C=O) groups is 1. The lowest BCUT2D eigenvalue weighted by Gasteiger charge is -2.31.